The normalized spacial score (nSPS) is 23.0. The van der Waals surface area contributed by atoms with Crippen molar-refractivity contribution in [1.82, 2.24) is 0 Å². The Balaban J connectivity index is 2.77. The zero-order chi connectivity index (χ0) is 24.3. The van der Waals surface area contributed by atoms with Crippen molar-refractivity contribution >= 4 is 5.97 Å². The van der Waals surface area contributed by atoms with Crippen molar-refractivity contribution in [3.05, 3.63) is 24.3 Å². The molecule has 0 bridgehead atoms. The predicted molar refractivity (Wildman–Crippen MR) is 123 cm³/mol. The summed E-state index contributed by atoms with van der Waals surface area (Å²) < 4.78 is 32.6. The molecule has 0 amide bonds. The lowest BCUT2D eigenvalue weighted by molar-refractivity contribution is -0.131. The maximum atomic E-state index is 11.1. The van der Waals surface area contributed by atoms with E-state index in [1.165, 1.54) is 0 Å². The number of allylic oxidation sites excluding steroid dienone is 2. The molecule has 0 heterocycles. The molecule has 0 unspecified atom stereocenters. The lowest BCUT2D eigenvalue weighted by Gasteiger charge is -2.25. The number of rotatable bonds is 20. The molecule has 5 atom stereocenters. The van der Waals surface area contributed by atoms with Gasteiger partial charge in [0.15, 0.2) is 0 Å². The molecule has 0 saturated heterocycles. The summed E-state index contributed by atoms with van der Waals surface area (Å²) in [5.74, 6) is -0.835. The zero-order valence-corrected chi connectivity index (χ0v) is 20.2. The molecule has 0 aromatic heterocycles. The topological polar surface area (TPSA) is 113 Å². The predicted octanol–water partition coefficient (Wildman–Crippen LogP) is 2.77. The summed E-state index contributed by atoms with van der Waals surface area (Å²) in [6.07, 6.45) is 10.3. The van der Waals surface area contributed by atoms with E-state index in [0.29, 0.717) is 32.8 Å². The number of hydrogen-bond donors (Lipinski definition) is 2. The van der Waals surface area contributed by atoms with Gasteiger partial charge in [0.1, 0.15) is 13.6 Å². The van der Waals surface area contributed by atoms with Crippen molar-refractivity contribution in [3.63, 3.8) is 0 Å². The number of ether oxygens (including phenoxy) is 6. The number of aliphatic hydroxyl groups is 1. The molecule has 0 aromatic rings. The summed E-state index contributed by atoms with van der Waals surface area (Å²) in [7, 11) is 3.21. The van der Waals surface area contributed by atoms with Crippen LogP contribution in [0.25, 0.3) is 0 Å². The van der Waals surface area contributed by atoms with E-state index in [0.717, 1.165) is 31.8 Å². The van der Waals surface area contributed by atoms with Gasteiger partial charge in [0, 0.05) is 20.3 Å². The van der Waals surface area contributed by atoms with E-state index < -0.39 is 12.1 Å². The van der Waals surface area contributed by atoms with Crippen LogP contribution >= 0.6 is 0 Å². The first-order valence-corrected chi connectivity index (χ1v) is 11.6. The first-order chi connectivity index (χ1) is 16.0. The lowest BCUT2D eigenvalue weighted by atomic mass is 9.89. The third-order valence-electron chi connectivity index (χ3n) is 5.44. The molecule has 1 saturated carbocycles. The first-order valence-electron chi connectivity index (χ1n) is 11.6. The molecule has 192 valence electrons. The van der Waals surface area contributed by atoms with Crippen LogP contribution in [-0.2, 0) is 33.2 Å². The highest BCUT2D eigenvalue weighted by molar-refractivity contribution is 5.79. The number of aliphatic hydroxyl groups excluding tert-OH is 1. The second-order valence-corrected chi connectivity index (χ2v) is 8.16. The number of hydrogen-bond acceptors (Lipinski definition) is 8. The molecule has 1 aliphatic carbocycles. The SMILES string of the molecule is COCCOCO[C@@H]1C[C@@H]([C@@H](/C=C/C(=O)O)OCOCCOC)[C@H](/C=C/CCC[C@H](C)O)C1. The minimum atomic E-state index is -1.02. The average Bonchev–Trinajstić information content (AvgIpc) is 3.17. The quantitative estimate of drug-likeness (QED) is 0.119. The summed E-state index contributed by atoms with van der Waals surface area (Å²) in [6, 6.07) is 0. The lowest BCUT2D eigenvalue weighted by Crippen LogP contribution is -2.26. The molecular weight excluding hydrogens is 432 g/mol. The number of methoxy groups -OCH3 is 2. The van der Waals surface area contributed by atoms with Gasteiger partial charge in [-0.25, -0.2) is 4.79 Å². The largest absolute Gasteiger partial charge is 0.478 e. The van der Waals surface area contributed by atoms with Crippen LogP contribution in [0.15, 0.2) is 24.3 Å². The van der Waals surface area contributed by atoms with Gasteiger partial charge in [-0.2, -0.15) is 0 Å². The van der Waals surface area contributed by atoms with Crippen LogP contribution in [0.5, 0.6) is 0 Å². The number of carboxylic acid groups (broad SMARTS) is 1. The van der Waals surface area contributed by atoms with Gasteiger partial charge < -0.3 is 38.6 Å². The standard InChI is InChI=1S/C24H42O9/c1-19(25)7-5-4-6-8-20-15-21(32-17-30-13-11-28-2)16-22(20)23(9-10-24(26)27)33-18-31-14-12-29-3/h6,8-10,19-23,25H,4-5,7,11-18H2,1-3H3,(H,26,27)/b8-6+,10-9+/t19-,20+,21-,22+,23+/m0/s1. The first kappa shape index (κ1) is 29.7. The van der Waals surface area contributed by atoms with Crippen LogP contribution < -0.4 is 0 Å². The molecule has 0 aliphatic heterocycles. The second-order valence-electron chi connectivity index (χ2n) is 8.16. The molecule has 9 heteroatoms. The fourth-order valence-corrected chi connectivity index (χ4v) is 3.76. The Bertz CT molecular complexity index is 550. The van der Waals surface area contributed by atoms with E-state index >= 15 is 0 Å². The summed E-state index contributed by atoms with van der Waals surface area (Å²) in [5, 5.41) is 18.6. The molecule has 0 aromatic carbocycles. The second kappa shape index (κ2) is 19.0. The van der Waals surface area contributed by atoms with E-state index in [1.54, 1.807) is 27.2 Å². The zero-order valence-electron chi connectivity index (χ0n) is 20.2. The Morgan fingerprint density at radius 2 is 1.76 bits per heavy atom. The van der Waals surface area contributed by atoms with Gasteiger partial charge in [-0.3, -0.25) is 0 Å². The number of unbranched alkanes of at least 4 members (excludes halogenated alkanes) is 1. The van der Waals surface area contributed by atoms with Crippen LogP contribution in [0.1, 0.15) is 39.0 Å². The highest BCUT2D eigenvalue weighted by atomic mass is 16.7. The van der Waals surface area contributed by atoms with Crippen molar-refractivity contribution in [1.29, 1.82) is 0 Å². The maximum absolute atomic E-state index is 11.1. The Hall–Kier alpha value is -1.33. The monoisotopic (exact) mass is 474 g/mol. The average molecular weight is 475 g/mol. The van der Waals surface area contributed by atoms with Crippen LogP contribution in [0.4, 0.5) is 0 Å². The number of carbonyl (C=O) groups is 1. The van der Waals surface area contributed by atoms with E-state index in [1.807, 2.05) is 0 Å². The fourth-order valence-electron chi connectivity index (χ4n) is 3.76. The van der Waals surface area contributed by atoms with Crippen molar-refractivity contribution in [2.24, 2.45) is 11.8 Å². The highest BCUT2D eigenvalue weighted by Gasteiger charge is 2.38. The minimum absolute atomic E-state index is 0.0246. The van der Waals surface area contributed by atoms with Gasteiger partial charge in [-0.05, 0) is 56.9 Å². The summed E-state index contributed by atoms with van der Waals surface area (Å²) in [6.45, 7) is 3.84. The third-order valence-corrected chi connectivity index (χ3v) is 5.44. The molecule has 2 N–H and O–H groups in total. The van der Waals surface area contributed by atoms with Crippen LogP contribution in [0, 0.1) is 11.8 Å². The van der Waals surface area contributed by atoms with Crippen LogP contribution in [-0.4, -0.2) is 88.7 Å². The number of carboxylic acids is 1. The highest BCUT2D eigenvalue weighted by Crippen LogP contribution is 2.39. The van der Waals surface area contributed by atoms with E-state index in [-0.39, 0.29) is 37.6 Å². The van der Waals surface area contributed by atoms with Gasteiger partial charge in [0.2, 0.25) is 0 Å². The van der Waals surface area contributed by atoms with Crippen LogP contribution in [0.2, 0.25) is 0 Å². The van der Waals surface area contributed by atoms with E-state index in [4.69, 9.17) is 33.5 Å². The Labute approximate surface area is 197 Å². The Morgan fingerprint density at radius 3 is 2.39 bits per heavy atom. The Morgan fingerprint density at radius 1 is 1.06 bits per heavy atom. The van der Waals surface area contributed by atoms with Gasteiger partial charge in [0.05, 0.1) is 44.7 Å². The summed E-state index contributed by atoms with van der Waals surface area (Å²) in [5.41, 5.74) is 0. The van der Waals surface area contributed by atoms with E-state index in [9.17, 15) is 9.90 Å². The molecule has 0 radical (unpaired) electrons. The molecule has 9 nitrogen and oxygen atoms in total. The molecule has 1 fully saturated rings. The minimum Gasteiger partial charge on any atom is -0.478 e. The maximum Gasteiger partial charge on any atom is 0.328 e. The van der Waals surface area contributed by atoms with Gasteiger partial charge in [0.25, 0.3) is 0 Å². The third kappa shape index (κ3) is 14.5. The summed E-state index contributed by atoms with van der Waals surface area (Å²) >= 11 is 0. The van der Waals surface area contributed by atoms with Crippen molar-refractivity contribution in [2.45, 2.75) is 57.3 Å². The molecule has 1 aliphatic rings. The number of aliphatic carboxylic acids is 1. The molecule has 1 rings (SSSR count). The summed E-state index contributed by atoms with van der Waals surface area (Å²) in [4.78, 5) is 11.1. The fraction of sp³-hybridized carbons (Fsp3) is 0.792. The molecule has 0 spiro atoms. The van der Waals surface area contributed by atoms with Crippen molar-refractivity contribution in [2.75, 3.05) is 54.2 Å². The molecule has 33 heavy (non-hydrogen) atoms. The molecular formula is C24H42O9. The smallest absolute Gasteiger partial charge is 0.328 e. The van der Waals surface area contributed by atoms with Gasteiger partial charge in [-0.15, -0.1) is 0 Å². The van der Waals surface area contributed by atoms with Crippen molar-refractivity contribution < 1.29 is 43.4 Å². The van der Waals surface area contributed by atoms with Crippen molar-refractivity contribution in [3.8, 4) is 0 Å². The van der Waals surface area contributed by atoms with E-state index in [2.05, 4.69) is 12.2 Å². The van der Waals surface area contributed by atoms with Gasteiger partial charge in [-0.1, -0.05) is 12.2 Å². The van der Waals surface area contributed by atoms with Crippen LogP contribution in [0.3, 0.4) is 0 Å². The van der Waals surface area contributed by atoms with Gasteiger partial charge >= 0.3 is 5.97 Å². The Kier molecular flexibility index (Phi) is 17.1.